The summed E-state index contributed by atoms with van der Waals surface area (Å²) in [7, 11) is -0.618. The fraction of sp³-hybridized carbons (Fsp3) is 0.846. The van der Waals surface area contributed by atoms with Crippen molar-refractivity contribution in [3.8, 4) is 0 Å². The van der Waals surface area contributed by atoms with Gasteiger partial charge in [0.1, 0.15) is 0 Å². The number of hydrogen-bond donors (Lipinski definition) is 0. The molecule has 0 aromatic rings. The molecule has 0 radical (unpaired) electrons. The molecule has 0 N–H and O–H groups in total. The van der Waals surface area contributed by atoms with Crippen LogP contribution < -0.4 is 0 Å². The van der Waals surface area contributed by atoms with Gasteiger partial charge in [-0.05, 0) is 32.7 Å². The molecule has 15 heavy (non-hydrogen) atoms. The predicted molar refractivity (Wildman–Crippen MR) is 71.4 cm³/mol. The van der Waals surface area contributed by atoms with Crippen molar-refractivity contribution in [3.05, 3.63) is 13.8 Å². The second-order valence-electron chi connectivity index (χ2n) is 4.75. The van der Waals surface area contributed by atoms with Gasteiger partial charge in [-0.25, -0.2) is 0 Å². The van der Waals surface area contributed by atoms with Gasteiger partial charge in [-0.15, -0.1) is 0 Å². The van der Waals surface area contributed by atoms with E-state index in [-0.39, 0.29) is 24.5 Å². The molecule has 2 unspecified atom stereocenters. The van der Waals surface area contributed by atoms with Crippen molar-refractivity contribution in [2.24, 2.45) is 5.92 Å². The molecule has 0 aromatic heterocycles. The predicted octanol–water partition coefficient (Wildman–Crippen LogP) is 4.51. The third-order valence-electron chi connectivity index (χ3n) is 4.02. The molecule has 1 rings (SSSR count). The van der Waals surface area contributed by atoms with E-state index < -0.39 is 7.26 Å². The maximum atomic E-state index is 2.65. The van der Waals surface area contributed by atoms with E-state index >= 15 is 0 Å². The van der Waals surface area contributed by atoms with Gasteiger partial charge in [0.15, 0.2) is 0 Å². The van der Waals surface area contributed by atoms with E-state index in [1.807, 2.05) is 0 Å². The summed E-state index contributed by atoms with van der Waals surface area (Å²) < 4.78 is 0. The zero-order chi connectivity index (χ0) is 9.90. The molecule has 0 aliphatic heterocycles. The van der Waals surface area contributed by atoms with Crippen LogP contribution in [0.4, 0.5) is 0 Å². The molecule has 0 heterocycles. The molecule has 1 aliphatic carbocycles. The van der Waals surface area contributed by atoms with E-state index in [9.17, 15) is 0 Å². The van der Waals surface area contributed by atoms with Crippen LogP contribution in [0.5, 0.6) is 0 Å². The minimum Gasteiger partial charge on any atom is -0.358 e. The largest absolute Gasteiger partial charge is 2.00 e. The molecule has 2 heteroatoms. The average molecular weight is 271 g/mol. The Labute approximate surface area is 109 Å². The Morgan fingerprint density at radius 2 is 1.80 bits per heavy atom. The van der Waals surface area contributed by atoms with Gasteiger partial charge >= 0.3 is 17.1 Å². The first-order chi connectivity index (χ1) is 6.14. The van der Waals surface area contributed by atoms with E-state index in [2.05, 4.69) is 33.9 Å². The van der Waals surface area contributed by atoms with Gasteiger partial charge in [0.25, 0.3) is 0 Å². The summed E-state index contributed by atoms with van der Waals surface area (Å²) >= 11 is 0. The first kappa shape index (κ1) is 18.3. The Balaban J connectivity index is 0. The monoisotopic (exact) mass is 271 g/mol. The van der Waals surface area contributed by atoms with Crippen molar-refractivity contribution in [1.29, 1.82) is 0 Å². The zero-order valence-electron chi connectivity index (χ0n) is 11.1. The summed E-state index contributed by atoms with van der Waals surface area (Å²) in [6, 6.07) is 0. The van der Waals surface area contributed by atoms with E-state index in [0.29, 0.717) is 0 Å². The third-order valence-corrected chi connectivity index (χ3v) is 9.07. The summed E-state index contributed by atoms with van der Waals surface area (Å²) in [5.74, 6) is 0.965. The topological polar surface area (TPSA) is 0 Å². The summed E-state index contributed by atoms with van der Waals surface area (Å²) in [6.07, 6.45) is 9.81. The maximum absolute atomic E-state index is 2.65. The molecular weight excluding hydrogens is 243 g/mol. The van der Waals surface area contributed by atoms with E-state index in [1.165, 1.54) is 31.6 Å². The summed E-state index contributed by atoms with van der Waals surface area (Å²) in [4.78, 5) is 0. The molecule has 1 fully saturated rings. The minimum atomic E-state index is -0.618. The van der Waals surface area contributed by atoms with Crippen molar-refractivity contribution in [3.63, 3.8) is 0 Å². The molecule has 1 aliphatic rings. The van der Waals surface area contributed by atoms with Crippen LogP contribution in [0.1, 0.15) is 40.0 Å². The Bertz CT molecular complexity index is 155. The molecule has 0 saturated heterocycles. The smallest absolute Gasteiger partial charge is 0.358 e. The minimum absolute atomic E-state index is 0. The molecule has 0 amide bonds. The molecule has 0 spiro atoms. The quantitative estimate of drug-likeness (QED) is 0.402. The number of rotatable bonds is 3. The van der Waals surface area contributed by atoms with Gasteiger partial charge in [-0.2, -0.15) is 6.42 Å². The first-order valence-corrected chi connectivity index (χ1v) is 8.49. The molecular formula is C13H28FeP+. The van der Waals surface area contributed by atoms with Crippen molar-refractivity contribution in [2.75, 3.05) is 19.0 Å². The van der Waals surface area contributed by atoms with E-state index in [4.69, 9.17) is 0 Å². The first-order valence-electron chi connectivity index (χ1n) is 5.81. The molecule has 0 aromatic carbocycles. The average Bonchev–Trinajstić information content (AvgIpc) is 2.17. The SMILES string of the molecule is CC[P+](C)(CC)C1[CH-]CCCC1C.[CH3-].[Fe+2]. The van der Waals surface area contributed by atoms with Gasteiger partial charge in [0.05, 0.1) is 12.3 Å². The van der Waals surface area contributed by atoms with Crippen LogP contribution in [-0.4, -0.2) is 24.6 Å². The summed E-state index contributed by atoms with van der Waals surface area (Å²) in [6.45, 7) is 9.83. The van der Waals surface area contributed by atoms with Gasteiger partial charge < -0.3 is 7.43 Å². The standard InChI is InChI=1S/C12H25P.CH3.Fe/c1-5-13(4,6-2)12-10-8-7-9-11(12)3;;/h10-12H,5-9H2,1-4H3;1H3;/q;-1;+2. The van der Waals surface area contributed by atoms with Crippen molar-refractivity contribution in [2.45, 2.75) is 45.7 Å². The van der Waals surface area contributed by atoms with E-state index in [1.54, 1.807) is 0 Å². The van der Waals surface area contributed by atoms with Gasteiger partial charge in [-0.3, -0.25) is 6.42 Å². The summed E-state index contributed by atoms with van der Waals surface area (Å²) in [5.41, 5.74) is 0.983. The normalized spacial score (nSPS) is 26.4. The third kappa shape index (κ3) is 4.37. The van der Waals surface area contributed by atoms with Crippen molar-refractivity contribution in [1.82, 2.24) is 0 Å². The fourth-order valence-corrected chi connectivity index (χ4v) is 5.97. The molecule has 1 saturated carbocycles. The van der Waals surface area contributed by atoms with Gasteiger partial charge in [0, 0.05) is 6.66 Å². The van der Waals surface area contributed by atoms with Gasteiger partial charge in [-0.1, -0.05) is 19.8 Å². The van der Waals surface area contributed by atoms with Crippen molar-refractivity contribution < 1.29 is 17.1 Å². The van der Waals surface area contributed by atoms with Crippen LogP contribution in [0.15, 0.2) is 0 Å². The molecule has 0 nitrogen and oxygen atoms in total. The summed E-state index contributed by atoms with van der Waals surface area (Å²) in [5, 5.41) is 0. The zero-order valence-corrected chi connectivity index (χ0v) is 13.1. The van der Waals surface area contributed by atoms with Crippen LogP contribution in [0.25, 0.3) is 0 Å². The van der Waals surface area contributed by atoms with Crippen LogP contribution in [-0.2, 0) is 17.1 Å². The Morgan fingerprint density at radius 1 is 1.27 bits per heavy atom. The van der Waals surface area contributed by atoms with Crippen LogP contribution in [0.2, 0.25) is 0 Å². The maximum Gasteiger partial charge on any atom is 2.00 e. The van der Waals surface area contributed by atoms with Crippen LogP contribution >= 0.6 is 7.26 Å². The Kier molecular flexibility index (Phi) is 9.89. The van der Waals surface area contributed by atoms with Crippen molar-refractivity contribution >= 4 is 7.26 Å². The van der Waals surface area contributed by atoms with Gasteiger partial charge in [0.2, 0.25) is 0 Å². The number of hydrogen-bond acceptors (Lipinski definition) is 0. The molecule has 92 valence electrons. The van der Waals surface area contributed by atoms with E-state index in [0.717, 1.165) is 11.6 Å². The molecule has 2 atom stereocenters. The Hall–Kier alpha value is 0.949. The second-order valence-corrected chi connectivity index (χ2v) is 9.57. The van der Waals surface area contributed by atoms with Crippen LogP contribution in [0.3, 0.4) is 0 Å². The second kappa shape index (κ2) is 8.10. The van der Waals surface area contributed by atoms with Crippen LogP contribution in [0, 0.1) is 19.8 Å². The Morgan fingerprint density at radius 3 is 2.20 bits per heavy atom. The molecule has 0 bridgehead atoms. The fourth-order valence-electron chi connectivity index (χ4n) is 2.65.